The van der Waals surface area contributed by atoms with Gasteiger partial charge >= 0.3 is 5.97 Å². The number of carboxylic acids is 1. The average molecular weight is 238 g/mol. The zero-order valence-corrected chi connectivity index (χ0v) is 9.06. The number of aliphatic carboxylic acids is 1. The molecule has 0 fully saturated rings. The molecule has 6 nitrogen and oxygen atoms in total. The Hall–Kier alpha value is -2.08. The molecular formula is C11H10O6. The van der Waals surface area contributed by atoms with Crippen molar-refractivity contribution in [1.29, 1.82) is 0 Å². The third kappa shape index (κ3) is 1.94. The lowest BCUT2D eigenvalue weighted by atomic mass is 10.0. The summed E-state index contributed by atoms with van der Waals surface area (Å²) in [5.74, 6) is -1.93. The van der Waals surface area contributed by atoms with Crippen molar-refractivity contribution in [3.8, 4) is 11.5 Å². The minimum absolute atomic E-state index is 0.0165. The summed E-state index contributed by atoms with van der Waals surface area (Å²) in [6, 6.07) is 3.12. The Bertz CT molecular complexity index is 479. The molecule has 1 heterocycles. The van der Waals surface area contributed by atoms with Gasteiger partial charge in [0, 0.05) is 5.56 Å². The molecule has 90 valence electrons. The van der Waals surface area contributed by atoms with E-state index in [0.717, 1.165) is 0 Å². The van der Waals surface area contributed by atoms with Crippen LogP contribution in [0.3, 0.4) is 0 Å². The minimum atomic E-state index is -1.54. The quantitative estimate of drug-likeness (QED) is 0.620. The van der Waals surface area contributed by atoms with Crippen LogP contribution >= 0.6 is 0 Å². The first kappa shape index (κ1) is 11.4. The largest absolute Gasteiger partial charge is 0.496 e. The van der Waals surface area contributed by atoms with Gasteiger partial charge in [-0.3, -0.25) is 4.79 Å². The van der Waals surface area contributed by atoms with Crippen molar-refractivity contribution < 1.29 is 28.9 Å². The molecule has 0 saturated carbocycles. The van der Waals surface area contributed by atoms with Gasteiger partial charge in [0.15, 0.2) is 6.79 Å². The van der Waals surface area contributed by atoms with Gasteiger partial charge in [0.1, 0.15) is 11.5 Å². The Morgan fingerprint density at radius 2 is 2.18 bits per heavy atom. The number of hydrogen-bond acceptors (Lipinski definition) is 5. The van der Waals surface area contributed by atoms with E-state index in [9.17, 15) is 9.59 Å². The number of hydrogen-bond donors (Lipinski definition) is 1. The molecule has 0 aliphatic carbocycles. The van der Waals surface area contributed by atoms with E-state index < -0.39 is 11.8 Å². The van der Waals surface area contributed by atoms with Crippen LogP contribution in [0.15, 0.2) is 12.1 Å². The molecule has 6 heteroatoms. The van der Waals surface area contributed by atoms with E-state index in [-0.39, 0.29) is 24.7 Å². The summed E-state index contributed by atoms with van der Waals surface area (Å²) in [7, 11) is 1.37. The normalized spacial score (nSPS) is 13.5. The van der Waals surface area contributed by atoms with Crippen LogP contribution in [0.1, 0.15) is 15.9 Å². The van der Waals surface area contributed by atoms with Crippen LogP contribution in [0.4, 0.5) is 0 Å². The van der Waals surface area contributed by atoms with E-state index in [4.69, 9.17) is 19.3 Å². The second-order valence-corrected chi connectivity index (χ2v) is 3.36. The second kappa shape index (κ2) is 4.42. The van der Waals surface area contributed by atoms with Crippen molar-refractivity contribution in [2.45, 2.75) is 6.61 Å². The summed E-state index contributed by atoms with van der Waals surface area (Å²) in [6.45, 7) is 0.209. The lowest BCUT2D eigenvalue weighted by molar-refractivity contribution is -0.131. The Morgan fingerprint density at radius 3 is 2.82 bits per heavy atom. The molecular weight excluding hydrogens is 228 g/mol. The monoisotopic (exact) mass is 238 g/mol. The van der Waals surface area contributed by atoms with E-state index in [1.807, 2.05) is 0 Å². The Morgan fingerprint density at radius 1 is 1.41 bits per heavy atom. The van der Waals surface area contributed by atoms with Crippen LogP contribution in [-0.4, -0.2) is 30.8 Å². The van der Waals surface area contributed by atoms with Gasteiger partial charge < -0.3 is 19.3 Å². The highest BCUT2D eigenvalue weighted by atomic mass is 16.7. The Kier molecular flexibility index (Phi) is 2.97. The van der Waals surface area contributed by atoms with Crippen LogP contribution in [-0.2, 0) is 16.1 Å². The number of fused-ring (bicyclic) bond motifs is 1. The summed E-state index contributed by atoms with van der Waals surface area (Å²) in [5, 5.41) is 8.77. The first-order valence-electron chi connectivity index (χ1n) is 4.83. The molecule has 1 N–H and O–H groups in total. The molecule has 0 bridgehead atoms. The summed E-state index contributed by atoms with van der Waals surface area (Å²) < 4.78 is 15.2. The smallest absolute Gasteiger partial charge is 0.377 e. The van der Waals surface area contributed by atoms with Gasteiger partial charge in [0.2, 0.25) is 0 Å². The van der Waals surface area contributed by atoms with Crippen LogP contribution in [0.2, 0.25) is 0 Å². The molecule has 0 radical (unpaired) electrons. The molecule has 1 aliphatic rings. The molecule has 0 amide bonds. The maximum absolute atomic E-state index is 11.6. The molecule has 0 aromatic heterocycles. The van der Waals surface area contributed by atoms with Gasteiger partial charge in [-0.1, -0.05) is 0 Å². The predicted octanol–water partition coefficient (Wildman–Crippen LogP) is 0.829. The van der Waals surface area contributed by atoms with Gasteiger partial charge in [0.25, 0.3) is 5.78 Å². The fraction of sp³-hybridized carbons (Fsp3) is 0.273. The summed E-state index contributed by atoms with van der Waals surface area (Å²) in [5.41, 5.74) is 0.389. The van der Waals surface area contributed by atoms with Crippen molar-refractivity contribution >= 4 is 11.8 Å². The average Bonchev–Trinajstić information content (AvgIpc) is 2.36. The fourth-order valence-electron chi connectivity index (χ4n) is 1.66. The SMILES string of the molecule is COc1ccc2c(c1C(=O)C(=O)O)COCO2. The van der Waals surface area contributed by atoms with Crippen molar-refractivity contribution in [3.63, 3.8) is 0 Å². The van der Waals surface area contributed by atoms with Crippen LogP contribution in [0.5, 0.6) is 11.5 Å². The number of carbonyl (C=O) groups is 2. The molecule has 0 spiro atoms. The first-order valence-corrected chi connectivity index (χ1v) is 4.83. The maximum atomic E-state index is 11.6. The molecule has 0 atom stereocenters. The fourth-order valence-corrected chi connectivity index (χ4v) is 1.66. The number of carbonyl (C=O) groups excluding carboxylic acids is 1. The summed E-state index contributed by atoms with van der Waals surface area (Å²) in [4.78, 5) is 22.4. The van der Waals surface area contributed by atoms with Crippen LogP contribution in [0, 0.1) is 0 Å². The predicted molar refractivity (Wildman–Crippen MR) is 55.2 cm³/mol. The van der Waals surface area contributed by atoms with E-state index >= 15 is 0 Å². The van der Waals surface area contributed by atoms with Gasteiger partial charge in [-0.15, -0.1) is 0 Å². The zero-order chi connectivity index (χ0) is 12.4. The molecule has 2 rings (SSSR count). The van der Waals surface area contributed by atoms with Crippen LogP contribution in [0.25, 0.3) is 0 Å². The third-order valence-corrected chi connectivity index (χ3v) is 2.42. The highest BCUT2D eigenvalue weighted by molar-refractivity contribution is 6.41. The Balaban J connectivity index is 2.60. The van der Waals surface area contributed by atoms with Gasteiger partial charge in [0.05, 0.1) is 19.3 Å². The number of ether oxygens (including phenoxy) is 3. The first-order chi connectivity index (χ1) is 8.15. The number of rotatable bonds is 3. The molecule has 1 aromatic rings. The van der Waals surface area contributed by atoms with Crippen molar-refractivity contribution in [2.24, 2.45) is 0 Å². The van der Waals surface area contributed by atoms with Gasteiger partial charge in [-0.05, 0) is 12.1 Å². The highest BCUT2D eigenvalue weighted by Gasteiger charge is 2.27. The van der Waals surface area contributed by atoms with E-state index in [2.05, 4.69) is 0 Å². The minimum Gasteiger partial charge on any atom is -0.496 e. The lowest BCUT2D eigenvalue weighted by Gasteiger charge is -2.20. The number of Topliss-reactive ketones (excluding diaryl/α,β-unsaturated/α-hetero) is 1. The number of methoxy groups -OCH3 is 1. The molecule has 1 aromatic carbocycles. The molecule has 1 aliphatic heterocycles. The van der Waals surface area contributed by atoms with Gasteiger partial charge in [-0.2, -0.15) is 0 Å². The summed E-state index contributed by atoms with van der Waals surface area (Å²) in [6.07, 6.45) is 0. The van der Waals surface area contributed by atoms with Crippen molar-refractivity contribution in [3.05, 3.63) is 23.3 Å². The standard InChI is InChI=1S/C11H10O6/c1-15-8-3-2-7-6(4-16-5-17-7)9(8)10(12)11(13)14/h2-3H,4-5H2,1H3,(H,13,14). The zero-order valence-electron chi connectivity index (χ0n) is 9.06. The number of benzene rings is 1. The number of carboxylic acid groups (broad SMARTS) is 1. The lowest BCUT2D eigenvalue weighted by Crippen LogP contribution is -2.20. The second-order valence-electron chi connectivity index (χ2n) is 3.36. The van der Waals surface area contributed by atoms with E-state index in [1.165, 1.54) is 13.2 Å². The van der Waals surface area contributed by atoms with Crippen molar-refractivity contribution in [1.82, 2.24) is 0 Å². The maximum Gasteiger partial charge on any atom is 0.377 e. The summed E-state index contributed by atoms with van der Waals surface area (Å²) >= 11 is 0. The highest BCUT2D eigenvalue weighted by Crippen LogP contribution is 2.33. The van der Waals surface area contributed by atoms with Crippen LogP contribution < -0.4 is 9.47 Å². The molecule has 0 saturated heterocycles. The van der Waals surface area contributed by atoms with Crippen molar-refractivity contribution in [2.75, 3.05) is 13.9 Å². The Labute approximate surface area is 96.7 Å². The van der Waals surface area contributed by atoms with Gasteiger partial charge in [-0.25, -0.2) is 4.79 Å². The third-order valence-electron chi connectivity index (χ3n) is 2.42. The molecule has 0 unspecified atom stereocenters. The number of ketones is 1. The topological polar surface area (TPSA) is 82.1 Å². The van der Waals surface area contributed by atoms with E-state index in [1.54, 1.807) is 6.07 Å². The molecule has 17 heavy (non-hydrogen) atoms. The van der Waals surface area contributed by atoms with E-state index in [0.29, 0.717) is 11.3 Å².